The first kappa shape index (κ1) is 24.6. The van der Waals surface area contributed by atoms with Gasteiger partial charge in [0.25, 0.3) is 0 Å². The molecule has 206 valence electrons. The lowest BCUT2D eigenvalue weighted by atomic mass is 9.95. The fraction of sp³-hybridized carbons (Fsp3) is 0. The van der Waals surface area contributed by atoms with Crippen molar-refractivity contribution < 1.29 is 4.42 Å². The van der Waals surface area contributed by atoms with Gasteiger partial charge in [0.1, 0.15) is 17.0 Å². The average molecular weight is 564 g/mol. The minimum Gasteiger partial charge on any atom is -0.456 e. The van der Waals surface area contributed by atoms with Crippen LogP contribution in [0, 0.1) is 0 Å². The summed E-state index contributed by atoms with van der Waals surface area (Å²) in [5, 5.41) is 3.35. The maximum atomic E-state index is 6.35. The van der Waals surface area contributed by atoms with Gasteiger partial charge in [-0.2, -0.15) is 0 Å². The summed E-state index contributed by atoms with van der Waals surface area (Å²) in [6, 6.07) is 50.6. The zero-order valence-electron chi connectivity index (χ0n) is 23.7. The van der Waals surface area contributed by atoms with Crippen LogP contribution >= 0.6 is 0 Å². The molecule has 0 aliphatic rings. The van der Waals surface area contributed by atoms with Gasteiger partial charge < -0.3 is 4.42 Å². The Hall–Kier alpha value is -6.00. The van der Waals surface area contributed by atoms with Crippen molar-refractivity contribution in [3.8, 4) is 39.3 Å². The van der Waals surface area contributed by atoms with Crippen LogP contribution in [0.4, 0.5) is 0 Å². The molecular formula is C40H25N3O. The fourth-order valence-electron chi connectivity index (χ4n) is 6.44. The zero-order chi connectivity index (χ0) is 29.0. The van der Waals surface area contributed by atoms with E-state index in [1.807, 2.05) is 24.4 Å². The van der Waals surface area contributed by atoms with Gasteiger partial charge in [-0.1, -0.05) is 91.0 Å². The predicted octanol–water partition coefficient (Wildman–Crippen LogP) is 10.5. The number of furan rings is 1. The summed E-state index contributed by atoms with van der Waals surface area (Å²) in [6.07, 6.45) is 1.84. The molecule has 0 spiro atoms. The molecule has 0 aliphatic carbocycles. The average Bonchev–Trinajstić information content (AvgIpc) is 3.67. The lowest BCUT2D eigenvalue weighted by Crippen LogP contribution is -1.97. The van der Waals surface area contributed by atoms with Crippen molar-refractivity contribution in [2.24, 2.45) is 0 Å². The van der Waals surface area contributed by atoms with Crippen molar-refractivity contribution in [2.45, 2.75) is 0 Å². The van der Waals surface area contributed by atoms with Crippen LogP contribution in [0.5, 0.6) is 0 Å². The van der Waals surface area contributed by atoms with E-state index in [9.17, 15) is 0 Å². The van der Waals surface area contributed by atoms with Crippen LogP contribution in [0.3, 0.4) is 0 Å². The van der Waals surface area contributed by atoms with Gasteiger partial charge in [-0.15, -0.1) is 0 Å². The van der Waals surface area contributed by atoms with E-state index in [-0.39, 0.29) is 0 Å². The van der Waals surface area contributed by atoms with Crippen LogP contribution in [0.1, 0.15) is 0 Å². The number of hydrogen-bond acceptors (Lipinski definition) is 3. The van der Waals surface area contributed by atoms with Gasteiger partial charge in [-0.3, -0.25) is 9.55 Å². The van der Waals surface area contributed by atoms with Gasteiger partial charge in [0.05, 0.1) is 16.6 Å². The van der Waals surface area contributed by atoms with Gasteiger partial charge in [0, 0.05) is 33.6 Å². The van der Waals surface area contributed by atoms with E-state index < -0.39 is 0 Å². The standard InChI is InChI=1S/C40H25N3O/c1-2-9-29(10-3-1)43-36-16-5-4-14-35(36)42-40(43)27-20-18-26(19-21-27)28-22-23-37-33(25-28)39-32(12-7-17-38(39)44-37)30-11-6-15-34-31(30)13-8-24-41-34/h1-25H. The Balaban J connectivity index is 1.17. The monoisotopic (exact) mass is 563 g/mol. The second-order valence-electron chi connectivity index (χ2n) is 11.0. The number of pyridine rings is 1. The Kier molecular flexibility index (Phi) is 5.47. The SMILES string of the molecule is c1ccc(-n2c(-c3ccc(-c4ccc5oc6cccc(-c7cccc8ncccc78)c6c5c4)cc3)nc3ccccc32)cc1. The highest BCUT2D eigenvalue weighted by Gasteiger charge is 2.17. The summed E-state index contributed by atoms with van der Waals surface area (Å²) < 4.78 is 8.59. The number of rotatable bonds is 4. The predicted molar refractivity (Wildman–Crippen MR) is 180 cm³/mol. The van der Waals surface area contributed by atoms with Gasteiger partial charge in [0.2, 0.25) is 0 Å². The summed E-state index contributed by atoms with van der Waals surface area (Å²) in [6.45, 7) is 0. The van der Waals surface area contributed by atoms with Crippen LogP contribution in [0.2, 0.25) is 0 Å². The second kappa shape index (κ2) is 9.79. The molecule has 0 atom stereocenters. The highest BCUT2D eigenvalue weighted by Crippen LogP contribution is 2.40. The number of benzene rings is 6. The van der Waals surface area contributed by atoms with E-state index in [4.69, 9.17) is 9.40 Å². The number of aromatic nitrogens is 3. The molecule has 0 amide bonds. The van der Waals surface area contributed by atoms with Crippen molar-refractivity contribution in [1.29, 1.82) is 0 Å². The summed E-state index contributed by atoms with van der Waals surface area (Å²) in [5.41, 5.74) is 11.5. The van der Waals surface area contributed by atoms with Gasteiger partial charge in [-0.05, 0) is 76.9 Å². The van der Waals surface area contributed by atoms with Crippen molar-refractivity contribution in [3.63, 3.8) is 0 Å². The first-order chi connectivity index (χ1) is 21.8. The molecule has 9 rings (SSSR count). The first-order valence-electron chi connectivity index (χ1n) is 14.7. The molecule has 0 aliphatic heterocycles. The maximum Gasteiger partial charge on any atom is 0.145 e. The zero-order valence-corrected chi connectivity index (χ0v) is 23.7. The van der Waals surface area contributed by atoms with E-state index in [0.29, 0.717) is 0 Å². The third-order valence-electron chi connectivity index (χ3n) is 8.48. The Labute approximate surface area is 253 Å². The van der Waals surface area contributed by atoms with Crippen molar-refractivity contribution in [3.05, 3.63) is 152 Å². The number of para-hydroxylation sites is 3. The molecule has 9 aromatic rings. The molecule has 6 aromatic carbocycles. The maximum absolute atomic E-state index is 6.35. The van der Waals surface area contributed by atoms with E-state index >= 15 is 0 Å². The molecule has 0 saturated heterocycles. The molecule has 4 heteroatoms. The largest absolute Gasteiger partial charge is 0.456 e. The third-order valence-corrected chi connectivity index (χ3v) is 8.48. The number of fused-ring (bicyclic) bond motifs is 5. The highest BCUT2D eigenvalue weighted by molar-refractivity contribution is 6.15. The van der Waals surface area contributed by atoms with E-state index in [0.717, 1.165) is 83.2 Å². The Morgan fingerprint density at radius 1 is 0.500 bits per heavy atom. The molecule has 0 fully saturated rings. The smallest absolute Gasteiger partial charge is 0.145 e. The minimum atomic E-state index is 0.878. The molecule has 0 saturated carbocycles. The lowest BCUT2D eigenvalue weighted by molar-refractivity contribution is 0.669. The summed E-state index contributed by atoms with van der Waals surface area (Å²) in [4.78, 5) is 9.62. The van der Waals surface area contributed by atoms with E-state index in [1.165, 1.54) is 0 Å². The summed E-state index contributed by atoms with van der Waals surface area (Å²) >= 11 is 0. The van der Waals surface area contributed by atoms with E-state index in [2.05, 4.69) is 137 Å². The van der Waals surface area contributed by atoms with Gasteiger partial charge in [-0.25, -0.2) is 4.98 Å². The van der Waals surface area contributed by atoms with Crippen LogP contribution in [0.25, 0.3) is 83.2 Å². The Morgan fingerprint density at radius 2 is 1.25 bits per heavy atom. The van der Waals surface area contributed by atoms with Crippen LogP contribution in [-0.4, -0.2) is 14.5 Å². The molecular weight excluding hydrogens is 538 g/mol. The number of hydrogen-bond donors (Lipinski definition) is 0. The first-order valence-corrected chi connectivity index (χ1v) is 14.7. The third kappa shape index (κ3) is 3.85. The van der Waals surface area contributed by atoms with Gasteiger partial charge >= 0.3 is 0 Å². The Morgan fingerprint density at radius 3 is 2.16 bits per heavy atom. The van der Waals surface area contributed by atoms with Crippen LogP contribution < -0.4 is 0 Å². The fourth-order valence-corrected chi connectivity index (χ4v) is 6.44. The Bertz CT molecular complexity index is 2480. The summed E-state index contributed by atoms with van der Waals surface area (Å²) in [7, 11) is 0. The molecule has 0 N–H and O–H groups in total. The van der Waals surface area contributed by atoms with Crippen LogP contribution in [0.15, 0.2) is 156 Å². The molecule has 3 heterocycles. The van der Waals surface area contributed by atoms with Crippen molar-refractivity contribution in [2.75, 3.05) is 0 Å². The van der Waals surface area contributed by atoms with E-state index in [1.54, 1.807) is 0 Å². The lowest BCUT2D eigenvalue weighted by Gasteiger charge is -2.10. The topological polar surface area (TPSA) is 43.9 Å². The molecule has 4 nitrogen and oxygen atoms in total. The molecule has 0 radical (unpaired) electrons. The van der Waals surface area contributed by atoms with Crippen molar-refractivity contribution in [1.82, 2.24) is 14.5 Å². The quantitative estimate of drug-likeness (QED) is 0.214. The molecule has 3 aromatic heterocycles. The summed E-state index contributed by atoms with van der Waals surface area (Å²) in [5.74, 6) is 0.925. The normalized spacial score (nSPS) is 11.6. The van der Waals surface area contributed by atoms with Gasteiger partial charge in [0.15, 0.2) is 0 Å². The molecule has 0 bridgehead atoms. The number of nitrogens with zero attached hydrogens (tertiary/aromatic N) is 3. The second-order valence-corrected chi connectivity index (χ2v) is 11.0. The number of imidazole rings is 1. The highest BCUT2D eigenvalue weighted by atomic mass is 16.3. The minimum absolute atomic E-state index is 0.878. The molecule has 0 unspecified atom stereocenters. The van der Waals surface area contributed by atoms with Crippen LogP contribution in [-0.2, 0) is 0 Å². The molecule has 44 heavy (non-hydrogen) atoms. The van der Waals surface area contributed by atoms with Crippen molar-refractivity contribution >= 4 is 43.9 Å².